The van der Waals surface area contributed by atoms with E-state index in [2.05, 4.69) is 28.5 Å². The van der Waals surface area contributed by atoms with Gasteiger partial charge in [0.2, 0.25) is 0 Å². The van der Waals surface area contributed by atoms with E-state index in [0.29, 0.717) is 0 Å². The van der Waals surface area contributed by atoms with E-state index in [9.17, 15) is 4.39 Å². The maximum Gasteiger partial charge on any atom is 0.123 e. The molecule has 1 N–H and O–H groups in total. The summed E-state index contributed by atoms with van der Waals surface area (Å²) in [6, 6.07) is 20.5. The molecule has 0 unspecified atom stereocenters. The first kappa shape index (κ1) is 16.2. The second kappa shape index (κ2) is 7.31. The molecule has 0 aliphatic rings. The van der Waals surface area contributed by atoms with Gasteiger partial charge in [-0.25, -0.2) is 9.37 Å². The van der Waals surface area contributed by atoms with E-state index in [-0.39, 0.29) is 5.82 Å². The second-order valence-electron chi connectivity index (χ2n) is 5.98. The number of aromatic nitrogens is 3. The zero-order valence-corrected chi connectivity index (χ0v) is 14.1. The van der Waals surface area contributed by atoms with Gasteiger partial charge in [-0.3, -0.25) is 4.98 Å². The van der Waals surface area contributed by atoms with Gasteiger partial charge in [0.15, 0.2) is 0 Å². The van der Waals surface area contributed by atoms with Crippen molar-refractivity contribution in [3.05, 3.63) is 103 Å². The molecule has 0 aliphatic carbocycles. The fraction of sp³-hybridized carbons (Fsp3) is 0.0455. The minimum Gasteiger partial charge on any atom is -0.341 e. The molecule has 26 heavy (non-hydrogen) atoms. The monoisotopic (exact) mass is 342 g/mol. The van der Waals surface area contributed by atoms with E-state index in [0.717, 1.165) is 34.8 Å². The zero-order chi connectivity index (χ0) is 17.8. The lowest BCUT2D eigenvalue weighted by atomic mass is 10.1. The SMILES string of the molecule is Fc1ccc(-c2nc([CH]Cc3ccccc3)[nH]c2-c2ccncc2)cc1. The lowest BCUT2D eigenvalue weighted by Gasteiger charge is -2.02. The van der Waals surface area contributed by atoms with Gasteiger partial charge in [0, 0.05) is 29.9 Å². The highest BCUT2D eigenvalue weighted by molar-refractivity contribution is 5.78. The molecule has 1 radical (unpaired) electrons. The molecule has 0 aliphatic heterocycles. The van der Waals surface area contributed by atoms with Crippen LogP contribution in [0.1, 0.15) is 11.4 Å². The minimum atomic E-state index is -0.259. The van der Waals surface area contributed by atoms with E-state index in [1.165, 1.54) is 17.7 Å². The van der Waals surface area contributed by atoms with Gasteiger partial charge in [-0.05, 0) is 48.4 Å². The molecule has 2 aromatic heterocycles. The highest BCUT2D eigenvalue weighted by atomic mass is 19.1. The van der Waals surface area contributed by atoms with Crippen LogP contribution >= 0.6 is 0 Å². The first-order chi connectivity index (χ1) is 12.8. The van der Waals surface area contributed by atoms with Gasteiger partial charge in [0.05, 0.1) is 11.4 Å². The summed E-state index contributed by atoms with van der Waals surface area (Å²) in [5.74, 6) is 0.533. The molecular formula is C22H17FN3. The molecule has 0 saturated heterocycles. The Morgan fingerprint density at radius 2 is 1.58 bits per heavy atom. The van der Waals surface area contributed by atoms with Crippen LogP contribution in [0, 0.1) is 12.2 Å². The third-order valence-corrected chi connectivity index (χ3v) is 4.18. The maximum absolute atomic E-state index is 13.3. The van der Waals surface area contributed by atoms with Crippen LogP contribution in [0.5, 0.6) is 0 Å². The van der Waals surface area contributed by atoms with Crippen molar-refractivity contribution in [1.82, 2.24) is 15.0 Å². The molecule has 4 rings (SSSR count). The Labute approximate surface area is 151 Å². The van der Waals surface area contributed by atoms with Crippen molar-refractivity contribution in [1.29, 1.82) is 0 Å². The molecule has 4 heteroatoms. The normalized spacial score (nSPS) is 10.8. The lowest BCUT2D eigenvalue weighted by molar-refractivity contribution is 0.628. The van der Waals surface area contributed by atoms with E-state index in [1.807, 2.05) is 30.3 Å². The molecule has 0 spiro atoms. The van der Waals surface area contributed by atoms with Gasteiger partial charge in [-0.1, -0.05) is 30.3 Å². The highest BCUT2D eigenvalue weighted by Crippen LogP contribution is 2.30. The number of H-pyrrole nitrogens is 1. The number of benzene rings is 2. The van der Waals surface area contributed by atoms with Crippen LogP contribution < -0.4 is 0 Å². The van der Waals surface area contributed by atoms with Crippen molar-refractivity contribution in [3.63, 3.8) is 0 Å². The Balaban J connectivity index is 1.69. The quantitative estimate of drug-likeness (QED) is 0.550. The van der Waals surface area contributed by atoms with Gasteiger partial charge >= 0.3 is 0 Å². The average Bonchev–Trinajstić information content (AvgIpc) is 3.13. The first-order valence-corrected chi connectivity index (χ1v) is 8.43. The molecule has 4 aromatic rings. The number of rotatable bonds is 5. The van der Waals surface area contributed by atoms with Crippen LogP contribution in [-0.4, -0.2) is 15.0 Å². The van der Waals surface area contributed by atoms with Crippen molar-refractivity contribution < 1.29 is 4.39 Å². The first-order valence-electron chi connectivity index (χ1n) is 8.43. The summed E-state index contributed by atoms with van der Waals surface area (Å²) < 4.78 is 13.3. The summed E-state index contributed by atoms with van der Waals surface area (Å²) in [6.45, 7) is 0. The van der Waals surface area contributed by atoms with E-state index in [1.54, 1.807) is 24.5 Å². The summed E-state index contributed by atoms with van der Waals surface area (Å²) in [5, 5.41) is 0. The van der Waals surface area contributed by atoms with E-state index in [4.69, 9.17) is 4.98 Å². The largest absolute Gasteiger partial charge is 0.341 e. The highest BCUT2D eigenvalue weighted by Gasteiger charge is 2.14. The van der Waals surface area contributed by atoms with Crippen LogP contribution in [0.25, 0.3) is 22.5 Å². The van der Waals surface area contributed by atoms with Crippen LogP contribution in [0.2, 0.25) is 0 Å². The van der Waals surface area contributed by atoms with Crippen LogP contribution in [-0.2, 0) is 6.42 Å². The molecule has 0 saturated carbocycles. The Hall–Kier alpha value is -3.27. The van der Waals surface area contributed by atoms with Gasteiger partial charge in [-0.2, -0.15) is 0 Å². The lowest BCUT2D eigenvalue weighted by Crippen LogP contribution is -1.90. The number of nitrogens with one attached hydrogen (secondary N) is 1. The van der Waals surface area contributed by atoms with Crippen molar-refractivity contribution >= 4 is 0 Å². The van der Waals surface area contributed by atoms with Crippen molar-refractivity contribution in [2.75, 3.05) is 0 Å². The predicted octanol–water partition coefficient (Wildman–Crippen LogP) is 5.07. The fourth-order valence-electron chi connectivity index (χ4n) is 2.86. The predicted molar refractivity (Wildman–Crippen MR) is 101 cm³/mol. The summed E-state index contributed by atoms with van der Waals surface area (Å²) in [5.41, 5.74) is 4.78. The number of nitrogens with zero attached hydrogens (tertiary/aromatic N) is 2. The van der Waals surface area contributed by atoms with Crippen LogP contribution in [0.4, 0.5) is 4.39 Å². The Bertz CT molecular complexity index is 977. The van der Waals surface area contributed by atoms with Gasteiger partial charge < -0.3 is 4.98 Å². The average molecular weight is 342 g/mol. The second-order valence-corrected chi connectivity index (χ2v) is 5.98. The van der Waals surface area contributed by atoms with Crippen molar-refractivity contribution in [3.8, 4) is 22.5 Å². The molecule has 2 aromatic carbocycles. The van der Waals surface area contributed by atoms with Gasteiger partial charge in [-0.15, -0.1) is 0 Å². The summed E-state index contributed by atoms with van der Waals surface area (Å²) in [7, 11) is 0. The number of aromatic amines is 1. The molecule has 3 nitrogen and oxygen atoms in total. The summed E-state index contributed by atoms with van der Waals surface area (Å²) in [6.07, 6.45) is 6.34. The van der Waals surface area contributed by atoms with Gasteiger partial charge in [0.1, 0.15) is 11.6 Å². The van der Waals surface area contributed by atoms with Gasteiger partial charge in [0.25, 0.3) is 0 Å². The third kappa shape index (κ3) is 3.54. The third-order valence-electron chi connectivity index (χ3n) is 4.18. The van der Waals surface area contributed by atoms with Crippen LogP contribution in [0.15, 0.2) is 79.1 Å². The standard InChI is InChI=1S/C22H17FN3/c23-19-9-7-17(8-10-19)21-22(18-12-14-24-15-13-18)26-20(25-21)11-6-16-4-2-1-3-5-16/h1-5,7-15H,6H2,(H,25,26). The molecule has 0 fully saturated rings. The summed E-state index contributed by atoms with van der Waals surface area (Å²) >= 11 is 0. The zero-order valence-electron chi connectivity index (χ0n) is 14.1. The fourth-order valence-corrected chi connectivity index (χ4v) is 2.86. The number of hydrogen-bond donors (Lipinski definition) is 1. The van der Waals surface area contributed by atoms with E-state index < -0.39 is 0 Å². The maximum atomic E-state index is 13.3. The van der Waals surface area contributed by atoms with Crippen molar-refractivity contribution in [2.24, 2.45) is 0 Å². The number of pyridine rings is 1. The number of imidazole rings is 1. The Kier molecular flexibility index (Phi) is 4.56. The summed E-state index contributed by atoms with van der Waals surface area (Å²) in [4.78, 5) is 12.2. The van der Waals surface area contributed by atoms with Crippen LogP contribution in [0.3, 0.4) is 0 Å². The Morgan fingerprint density at radius 1 is 0.846 bits per heavy atom. The van der Waals surface area contributed by atoms with Crippen molar-refractivity contribution in [2.45, 2.75) is 6.42 Å². The topological polar surface area (TPSA) is 41.6 Å². The molecule has 2 heterocycles. The van der Waals surface area contributed by atoms with E-state index >= 15 is 0 Å². The molecule has 127 valence electrons. The molecular weight excluding hydrogens is 325 g/mol. The molecule has 0 bridgehead atoms. The molecule has 0 atom stereocenters. The smallest absolute Gasteiger partial charge is 0.123 e. The molecule has 0 amide bonds. The minimum absolute atomic E-state index is 0.259. The number of halogens is 1. The Morgan fingerprint density at radius 3 is 2.31 bits per heavy atom. The number of hydrogen-bond acceptors (Lipinski definition) is 2.